The van der Waals surface area contributed by atoms with Crippen LogP contribution in [-0.2, 0) is 16.0 Å². The van der Waals surface area contributed by atoms with Gasteiger partial charge in [-0.2, -0.15) is 0 Å². The second kappa shape index (κ2) is 4.65. The van der Waals surface area contributed by atoms with Crippen LogP contribution in [0.25, 0.3) is 0 Å². The smallest absolute Gasteiger partial charge is 0.391 e. The molecule has 1 atom stereocenters. The molecule has 1 aromatic carbocycles. The summed E-state index contributed by atoms with van der Waals surface area (Å²) in [6, 6.07) is 7.80. The molecule has 1 heterocycles. The molecule has 0 aromatic heterocycles. The molecule has 0 saturated heterocycles. The quantitative estimate of drug-likeness (QED) is 0.921. The SMILES string of the molecule is O=C(O)C1=NCC(Cc2ccccc2Br)O1. The van der Waals surface area contributed by atoms with E-state index in [2.05, 4.69) is 20.9 Å². The largest absolute Gasteiger partial charge is 0.474 e. The Labute approximate surface area is 101 Å². The number of ether oxygens (including phenoxy) is 1. The number of carboxylic acid groups (broad SMARTS) is 1. The van der Waals surface area contributed by atoms with Crippen molar-refractivity contribution in [3.63, 3.8) is 0 Å². The number of aliphatic carboxylic acids is 1. The van der Waals surface area contributed by atoms with Crippen LogP contribution in [0.15, 0.2) is 33.7 Å². The molecule has 0 fully saturated rings. The lowest BCUT2D eigenvalue weighted by Crippen LogP contribution is -2.20. The van der Waals surface area contributed by atoms with Crippen molar-refractivity contribution >= 4 is 27.8 Å². The lowest BCUT2D eigenvalue weighted by Gasteiger charge is -2.10. The Morgan fingerprint density at radius 3 is 2.94 bits per heavy atom. The highest BCUT2D eigenvalue weighted by Crippen LogP contribution is 2.20. The fourth-order valence-electron chi connectivity index (χ4n) is 1.55. The van der Waals surface area contributed by atoms with Crippen LogP contribution in [0.4, 0.5) is 0 Å². The van der Waals surface area contributed by atoms with Crippen molar-refractivity contribution in [2.75, 3.05) is 6.54 Å². The zero-order valence-electron chi connectivity index (χ0n) is 8.39. The van der Waals surface area contributed by atoms with E-state index in [0.717, 1.165) is 10.0 Å². The Morgan fingerprint density at radius 1 is 1.56 bits per heavy atom. The van der Waals surface area contributed by atoms with Gasteiger partial charge < -0.3 is 9.84 Å². The van der Waals surface area contributed by atoms with Gasteiger partial charge in [-0.1, -0.05) is 34.1 Å². The van der Waals surface area contributed by atoms with E-state index in [1.807, 2.05) is 24.3 Å². The van der Waals surface area contributed by atoms with Crippen LogP contribution >= 0.6 is 15.9 Å². The van der Waals surface area contributed by atoms with Crippen molar-refractivity contribution in [1.82, 2.24) is 0 Å². The summed E-state index contributed by atoms with van der Waals surface area (Å²) in [4.78, 5) is 14.4. The molecule has 0 aliphatic carbocycles. The topological polar surface area (TPSA) is 58.9 Å². The second-order valence-electron chi connectivity index (χ2n) is 3.49. The van der Waals surface area contributed by atoms with E-state index >= 15 is 0 Å². The fraction of sp³-hybridized carbons (Fsp3) is 0.273. The van der Waals surface area contributed by atoms with E-state index in [1.54, 1.807) is 0 Å². The van der Waals surface area contributed by atoms with E-state index < -0.39 is 5.97 Å². The number of hydrogen-bond donors (Lipinski definition) is 1. The summed E-state index contributed by atoms with van der Waals surface area (Å²) in [6.45, 7) is 0.406. The van der Waals surface area contributed by atoms with Crippen molar-refractivity contribution in [2.24, 2.45) is 4.99 Å². The number of rotatable bonds is 3. The van der Waals surface area contributed by atoms with Gasteiger partial charge in [0, 0.05) is 10.9 Å². The van der Waals surface area contributed by atoms with Crippen LogP contribution in [-0.4, -0.2) is 29.6 Å². The van der Waals surface area contributed by atoms with E-state index in [-0.39, 0.29) is 12.0 Å². The third-order valence-electron chi connectivity index (χ3n) is 2.31. The molecule has 5 heteroatoms. The minimum atomic E-state index is -1.10. The standard InChI is InChI=1S/C11H10BrNO3/c12-9-4-2-1-3-7(9)5-8-6-13-10(16-8)11(14)15/h1-4,8H,5-6H2,(H,14,15). The minimum Gasteiger partial charge on any atom is -0.474 e. The van der Waals surface area contributed by atoms with E-state index in [9.17, 15) is 4.79 Å². The molecule has 16 heavy (non-hydrogen) atoms. The van der Waals surface area contributed by atoms with E-state index in [1.165, 1.54) is 0 Å². The van der Waals surface area contributed by atoms with Gasteiger partial charge in [-0.25, -0.2) is 9.79 Å². The lowest BCUT2D eigenvalue weighted by molar-refractivity contribution is -0.131. The van der Waals surface area contributed by atoms with Crippen LogP contribution in [0.2, 0.25) is 0 Å². The Hall–Kier alpha value is -1.36. The molecule has 4 nitrogen and oxygen atoms in total. The molecule has 1 aliphatic rings. The Kier molecular flexibility index (Phi) is 3.24. The van der Waals surface area contributed by atoms with Crippen LogP contribution in [0.5, 0.6) is 0 Å². The first-order chi connectivity index (χ1) is 7.66. The van der Waals surface area contributed by atoms with Crippen LogP contribution in [0.3, 0.4) is 0 Å². The van der Waals surface area contributed by atoms with Gasteiger partial charge in [-0.3, -0.25) is 0 Å². The van der Waals surface area contributed by atoms with Crippen molar-refractivity contribution in [3.05, 3.63) is 34.3 Å². The monoisotopic (exact) mass is 283 g/mol. The van der Waals surface area contributed by atoms with E-state index in [0.29, 0.717) is 13.0 Å². The first-order valence-corrected chi connectivity index (χ1v) is 5.64. The number of halogens is 1. The predicted octanol–water partition coefficient (Wildman–Crippen LogP) is 1.87. The summed E-state index contributed by atoms with van der Waals surface area (Å²) in [5, 5.41) is 8.69. The van der Waals surface area contributed by atoms with Gasteiger partial charge in [-0.15, -0.1) is 0 Å². The average molecular weight is 284 g/mol. The second-order valence-corrected chi connectivity index (χ2v) is 4.34. The predicted molar refractivity (Wildman–Crippen MR) is 62.7 cm³/mol. The average Bonchev–Trinajstić information content (AvgIpc) is 2.70. The zero-order chi connectivity index (χ0) is 11.5. The van der Waals surface area contributed by atoms with Crippen LogP contribution < -0.4 is 0 Å². The number of nitrogens with zero attached hydrogens (tertiary/aromatic N) is 1. The molecule has 2 rings (SSSR count). The highest BCUT2D eigenvalue weighted by atomic mass is 79.9. The molecular formula is C11H10BrNO3. The molecule has 1 aliphatic heterocycles. The molecule has 0 spiro atoms. The van der Waals surface area contributed by atoms with Gasteiger partial charge in [0.2, 0.25) is 0 Å². The third kappa shape index (κ3) is 2.41. The molecule has 0 saturated carbocycles. The summed E-state index contributed by atoms with van der Waals surface area (Å²) in [6.07, 6.45) is 0.478. The summed E-state index contributed by atoms with van der Waals surface area (Å²) < 4.78 is 6.21. The first kappa shape index (κ1) is 11.1. The molecule has 0 radical (unpaired) electrons. The number of hydrogen-bond acceptors (Lipinski definition) is 3. The molecule has 84 valence electrons. The maximum Gasteiger partial charge on any atom is 0.391 e. The van der Waals surface area contributed by atoms with Crippen molar-refractivity contribution in [3.8, 4) is 0 Å². The summed E-state index contributed by atoms with van der Waals surface area (Å²) in [5.41, 5.74) is 1.09. The fourth-order valence-corrected chi connectivity index (χ4v) is 2.00. The zero-order valence-corrected chi connectivity index (χ0v) is 9.98. The van der Waals surface area contributed by atoms with Gasteiger partial charge >= 0.3 is 5.97 Å². The van der Waals surface area contributed by atoms with Gasteiger partial charge in [0.25, 0.3) is 5.90 Å². The maximum atomic E-state index is 10.6. The molecular weight excluding hydrogens is 274 g/mol. The molecule has 1 unspecified atom stereocenters. The molecule has 0 bridgehead atoms. The lowest BCUT2D eigenvalue weighted by atomic mass is 10.1. The van der Waals surface area contributed by atoms with Gasteiger partial charge in [0.05, 0.1) is 6.54 Å². The van der Waals surface area contributed by atoms with E-state index in [4.69, 9.17) is 9.84 Å². The molecule has 1 aromatic rings. The molecule has 1 N–H and O–H groups in total. The normalized spacial score (nSPS) is 19.1. The summed E-state index contributed by atoms with van der Waals surface area (Å²) in [7, 11) is 0. The highest BCUT2D eigenvalue weighted by Gasteiger charge is 2.25. The minimum absolute atomic E-state index is 0.176. The number of benzene rings is 1. The van der Waals surface area contributed by atoms with Gasteiger partial charge in [0.15, 0.2) is 0 Å². The maximum absolute atomic E-state index is 10.6. The van der Waals surface area contributed by atoms with Crippen molar-refractivity contribution in [2.45, 2.75) is 12.5 Å². The molecule has 0 amide bonds. The number of carboxylic acids is 1. The Balaban J connectivity index is 1.99. The number of aliphatic imine (C=N–C) groups is 1. The highest BCUT2D eigenvalue weighted by molar-refractivity contribution is 9.10. The number of carbonyl (C=O) groups is 1. The Morgan fingerprint density at radius 2 is 2.31 bits per heavy atom. The van der Waals surface area contributed by atoms with Gasteiger partial charge in [0.1, 0.15) is 6.10 Å². The summed E-state index contributed by atoms with van der Waals surface area (Å²) >= 11 is 3.44. The first-order valence-electron chi connectivity index (χ1n) is 4.84. The van der Waals surface area contributed by atoms with Crippen LogP contribution in [0.1, 0.15) is 5.56 Å². The van der Waals surface area contributed by atoms with Crippen molar-refractivity contribution < 1.29 is 14.6 Å². The summed E-state index contributed by atoms with van der Waals surface area (Å²) in [5.74, 6) is -1.29. The van der Waals surface area contributed by atoms with Crippen LogP contribution in [0, 0.1) is 0 Å². The van der Waals surface area contributed by atoms with Gasteiger partial charge in [-0.05, 0) is 11.6 Å². The third-order valence-corrected chi connectivity index (χ3v) is 3.08. The van der Waals surface area contributed by atoms with Crippen molar-refractivity contribution in [1.29, 1.82) is 0 Å². The Bertz CT molecular complexity index is 445.